The van der Waals surface area contributed by atoms with E-state index in [9.17, 15) is 22.0 Å². The van der Waals surface area contributed by atoms with Crippen LogP contribution in [0.1, 0.15) is 0 Å². The van der Waals surface area contributed by atoms with Crippen molar-refractivity contribution in [2.75, 3.05) is 0 Å². The molecular weight excluding hydrogens is 178 g/mol. The highest BCUT2D eigenvalue weighted by Gasteiger charge is 2.22. The first-order chi connectivity index (χ1) is 5.46. The van der Waals surface area contributed by atoms with Crippen molar-refractivity contribution in [2.24, 2.45) is 0 Å². The van der Waals surface area contributed by atoms with Gasteiger partial charge < -0.3 is 0 Å². The van der Waals surface area contributed by atoms with E-state index in [-0.39, 0.29) is 0 Å². The zero-order valence-electron chi connectivity index (χ0n) is 5.47. The van der Waals surface area contributed by atoms with E-state index < -0.39 is 34.5 Å². The van der Waals surface area contributed by atoms with Crippen molar-refractivity contribution in [1.82, 2.24) is 0 Å². The molecule has 0 amide bonds. The highest BCUT2D eigenvalue weighted by atomic mass is 19.2. The van der Waals surface area contributed by atoms with Crippen molar-refractivity contribution in [2.45, 2.75) is 0 Å². The summed E-state index contributed by atoms with van der Waals surface area (Å²) in [7, 11) is 4.56. The van der Waals surface area contributed by atoms with Gasteiger partial charge in [0.15, 0.2) is 29.1 Å². The Hall–Kier alpha value is -1.07. The van der Waals surface area contributed by atoms with Gasteiger partial charge in [0.05, 0.1) is 0 Å². The fraction of sp³-hybridized carbons (Fsp3) is 0. The lowest BCUT2D eigenvalue weighted by atomic mass is 9.94. The first kappa shape index (κ1) is 9.03. The molecule has 0 saturated carbocycles. The third-order valence-corrected chi connectivity index (χ3v) is 1.24. The molecule has 0 fully saturated rings. The highest BCUT2D eigenvalue weighted by Crippen LogP contribution is 2.14. The van der Waals surface area contributed by atoms with Crippen molar-refractivity contribution in [3.63, 3.8) is 0 Å². The minimum atomic E-state index is -2.21. The molecule has 0 atom stereocenters. The van der Waals surface area contributed by atoms with Crippen LogP contribution in [0.5, 0.6) is 0 Å². The molecule has 1 aromatic rings. The Morgan fingerprint density at radius 2 is 0.833 bits per heavy atom. The number of hydrogen-bond acceptors (Lipinski definition) is 0. The second-order valence-corrected chi connectivity index (χ2v) is 1.98. The van der Waals surface area contributed by atoms with Crippen LogP contribution in [0.25, 0.3) is 0 Å². The molecule has 1 rings (SSSR count). The first-order valence-electron chi connectivity index (χ1n) is 2.73. The summed E-state index contributed by atoms with van der Waals surface area (Å²) in [5, 5.41) is 0. The molecule has 0 N–H and O–H groups in total. The molecule has 2 radical (unpaired) electrons. The maximum atomic E-state index is 12.3. The van der Waals surface area contributed by atoms with Crippen LogP contribution < -0.4 is 5.46 Å². The van der Waals surface area contributed by atoms with Crippen LogP contribution in [0.4, 0.5) is 22.0 Å². The largest absolute Gasteiger partial charge is 0.204 e. The highest BCUT2D eigenvalue weighted by molar-refractivity contribution is 6.32. The molecule has 0 aromatic heterocycles. The summed E-state index contributed by atoms with van der Waals surface area (Å²) < 4.78 is 61.1. The molecule has 0 saturated heterocycles. The van der Waals surface area contributed by atoms with Gasteiger partial charge >= 0.3 is 0 Å². The average Bonchev–Trinajstić information content (AvgIpc) is 2.08. The summed E-state index contributed by atoms with van der Waals surface area (Å²) in [4.78, 5) is 0. The van der Waals surface area contributed by atoms with Gasteiger partial charge in [0.1, 0.15) is 7.85 Å². The fourth-order valence-corrected chi connectivity index (χ4v) is 0.622. The lowest BCUT2D eigenvalue weighted by Gasteiger charge is -2.02. The summed E-state index contributed by atoms with van der Waals surface area (Å²) in [5.74, 6) is -10.3. The zero-order valence-corrected chi connectivity index (χ0v) is 5.47. The van der Waals surface area contributed by atoms with E-state index in [4.69, 9.17) is 0 Å². The Morgan fingerprint density at radius 3 is 1.17 bits per heavy atom. The Kier molecular flexibility index (Phi) is 2.08. The lowest BCUT2D eigenvalue weighted by Crippen LogP contribution is -2.20. The molecular formula is C6BF5. The summed E-state index contributed by atoms with van der Waals surface area (Å²) >= 11 is 0. The van der Waals surface area contributed by atoms with Gasteiger partial charge in [-0.3, -0.25) is 0 Å². The normalized spacial score (nSPS) is 10.4. The Labute approximate surface area is 65.4 Å². The van der Waals surface area contributed by atoms with Gasteiger partial charge in [-0.05, 0) is 5.46 Å². The van der Waals surface area contributed by atoms with Crippen LogP contribution in [0.3, 0.4) is 0 Å². The number of rotatable bonds is 0. The van der Waals surface area contributed by atoms with Gasteiger partial charge in [-0.1, -0.05) is 0 Å². The second kappa shape index (κ2) is 2.77. The third kappa shape index (κ3) is 1.07. The van der Waals surface area contributed by atoms with Crippen LogP contribution in [0.15, 0.2) is 0 Å². The molecule has 0 aliphatic rings. The summed E-state index contributed by atoms with van der Waals surface area (Å²) in [6.45, 7) is 0. The maximum absolute atomic E-state index is 12.3. The Morgan fingerprint density at radius 1 is 0.583 bits per heavy atom. The lowest BCUT2D eigenvalue weighted by molar-refractivity contribution is 0.384. The van der Waals surface area contributed by atoms with Gasteiger partial charge in [-0.2, -0.15) is 0 Å². The molecule has 6 heteroatoms. The summed E-state index contributed by atoms with van der Waals surface area (Å²) in [5.41, 5.74) is -1.37. The molecule has 0 aliphatic carbocycles. The van der Waals surface area contributed by atoms with Crippen LogP contribution in [0, 0.1) is 29.1 Å². The van der Waals surface area contributed by atoms with Gasteiger partial charge in [0, 0.05) is 0 Å². The topological polar surface area (TPSA) is 0 Å². The third-order valence-electron chi connectivity index (χ3n) is 1.24. The first-order valence-corrected chi connectivity index (χ1v) is 2.73. The summed E-state index contributed by atoms with van der Waals surface area (Å²) in [6, 6.07) is 0. The van der Waals surface area contributed by atoms with E-state index in [0.717, 1.165) is 0 Å². The van der Waals surface area contributed by atoms with Crippen LogP contribution in [0.2, 0.25) is 0 Å². The van der Waals surface area contributed by atoms with Crippen LogP contribution >= 0.6 is 0 Å². The minimum Gasteiger partial charge on any atom is -0.204 e. The number of benzene rings is 1. The van der Waals surface area contributed by atoms with Crippen LogP contribution in [-0.4, -0.2) is 7.85 Å². The van der Waals surface area contributed by atoms with Crippen molar-refractivity contribution in [3.05, 3.63) is 29.1 Å². The van der Waals surface area contributed by atoms with Crippen molar-refractivity contribution in [3.8, 4) is 0 Å². The number of halogens is 5. The molecule has 0 unspecified atom stereocenters. The predicted molar refractivity (Wildman–Crippen MR) is 31.6 cm³/mol. The molecule has 1 aromatic carbocycles. The van der Waals surface area contributed by atoms with Crippen molar-refractivity contribution >= 4 is 13.3 Å². The predicted octanol–water partition coefficient (Wildman–Crippen LogP) is 1.18. The van der Waals surface area contributed by atoms with Gasteiger partial charge in [0.2, 0.25) is 0 Å². The SMILES string of the molecule is [B]c1c(F)c(F)c(F)c(F)c1F. The van der Waals surface area contributed by atoms with E-state index in [1.54, 1.807) is 0 Å². The molecule has 0 spiro atoms. The van der Waals surface area contributed by atoms with Gasteiger partial charge in [-0.15, -0.1) is 0 Å². The monoisotopic (exact) mass is 178 g/mol. The van der Waals surface area contributed by atoms with E-state index >= 15 is 0 Å². The van der Waals surface area contributed by atoms with E-state index in [1.165, 1.54) is 0 Å². The average molecular weight is 178 g/mol. The maximum Gasteiger partial charge on any atom is 0.200 e. The molecule has 62 valence electrons. The van der Waals surface area contributed by atoms with Gasteiger partial charge in [-0.25, -0.2) is 22.0 Å². The Bertz CT molecular complexity index is 230. The van der Waals surface area contributed by atoms with E-state index in [0.29, 0.717) is 0 Å². The molecule has 0 nitrogen and oxygen atoms in total. The smallest absolute Gasteiger partial charge is 0.200 e. The Balaban J connectivity index is 3.60. The molecule has 0 bridgehead atoms. The van der Waals surface area contributed by atoms with E-state index in [2.05, 4.69) is 7.85 Å². The van der Waals surface area contributed by atoms with Crippen LogP contribution in [-0.2, 0) is 0 Å². The molecule has 0 aliphatic heterocycles. The zero-order chi connectivity index (χ0) is 9.46. The second-order valence-electron chi connectivity index (χ2n) is 1.98. The van der Waals surface area contributed by atoms with E-state index in [1.807, 2.05) is 0 Å². The van der Waals surface area contributed by atoms with Crippen molar-refractivity contribution in [1.29, 1.82) is 0 Å². The quantitative estimate of drug-likeness (QED) is 0.242. The molecule has 0 heterocycles. The van der Waals surface area contributed by atoms with Gasteiger partial charge in [0.25, 0.3) is 0 Å². The minimum absolute atomic E-state index is 1.37. The fourth-order valence-electron chi connectivity index (χ4n) is 0.622. The molecule has 12 heavy (non-hydrogen) atoms. The standard InChI is InChI=1S/C6BF5/c7-1-2(8)4(10)6(12)5(11)3(1)9. The summed E-state index contributed by atoms with van der Waals surface area (Å²) in [6.07, 6.45) is 0. The van der Waals surface area contributed by atoms with Crippen molar-refractivity contribution < 1.29 is 22.0 Å². The number of hydrogen-bond donors (Lipinski definition) is 0.